The number of carbonyl (C=O) groups is 1. The molecule has 4 aromatic rings. The minimum atomic E-state index is -2.89. The summed E-state index contributed by atoms with van der Waals surface area (Å²) in [7, 11) is 1.69. The molecule has 0 atom stereocenters. The zero-order valence-corrected chi connectivity index (χ0v) is 25.9. The normalized spacial score (nSPS) is 16.9. The molecule has 2 N–H and O–H groups in total. The van der Waals surface area contributed by atoms with E-state index in [1.165, 1.54) is 6.07 Å². The average molecular weight is 641 g/mol. The van der Waals surface area contributed by atoms with Gasteiger partial charge in [-0.15, -0.1) is 10.2 Å². The van der Waals surface area contributed by atoms with Crippen LogP contribution in [0.5, 0.6) is 0 Å². The molecule has 11 nitrogen and oxygen atoms in total. The summed E-state index contributed by atoms with van der Waals surface area (Å²) >= 11 is 0. The summed E-state index contributed by atoms with van der Waals surface area (Å²) in [5.74, 6) is -0.257. The molecule has 242 valence electrons. The Labute approximate surface area is 269 Å². The van der Waals surface area contributed by atoms with Gasteiger partial charge in [0.1, 0.15) is 17.7 Å². The van der Waals surface area contributed by atoms with Crippen LogP contribution in [-0.2, 0) is 11.3 Å². The molecular formula is C34H34F2N8O3. The van der Waals surface area contributed by atoms with E-state index in [1.807, 2.05) is 12.3 Å². The number of nitrogens with zero attached hydrogens (tertiary/aromatic N) is 6. The largest absolute Gasteiger partial charge is 0.383 e. The highest BCUT2D eigenvalue weighted by Gasteiger charge is 2.36. The lowest BCUT2D eigenvalue weighted by molar-refractivity contribution is 0.0549. The Morgan fingerprint density at radius 1 is 1.15 bits per heavy atom. The fourth-order valence-electron chi connectivity index (χ4n) is 6.26. The van der Waals surface area contributed by atoms with Crippen LogP contribution in [0.4, 0.5) is 14.6 Å². The van der Waals surface area contributed by atoms with E-state index in [0.29, 0.717) is 28.8 Å². The maximum Gasteiger partial charge on any atom is 0.321 e. The van der Waals surface area contributed by atoms with Crippen molar-refractivity contribution < 1.29 is 18.3 Å². The molecule has 1 amide bonds. The first kappa shape index (κ1) is 30.8. The van der Waals surface area contributed by atoms with Crippen LogP contribution in [0.15, 0.2) is 53.7 Å². The second-order valence-electron chi connectivity index (χ2n) is 12.7. The van der Waals surface area contributed by atoms with E-state index in [4.69, 9.17) is 9.72 Å². The summed E-state index contributed by atoms with van der Waals surface area (Å²) in [6.07, 6.45) is 9.53. The molecule has 7 rings (SSSR count). The minimum Gasteiger partial charge on any atom is -0.383 e. The number of pyridine rings is 2. The van der Waals surface area contributed by atoms with Gasteiger partial charge in [-0.1, -0.05) is 6.07 Å². The average Bonchev–Trinajstić information content (AvgIpc) is 4.00. The van der Waals surface area contributed by atoms with Crippen molar-refractivity contribution in [3.8, 4) is 28.6 Å². The Balaban J connectivity index is 1.23. The second kappa shape index (κ2) is 12.4. The molecule has 0 radical (unpaired) electrons. The Kier molecular flexibility index (Phi) is 8.15. The number of benzene rings is 1. The lowest BCUT2D eigenvalue weighted by atomic mass is 9.77. The van der Waals surface area contributed by atoms with Crippen molar-refractivity contribution in [3.05, 3.63) is 81.7 Å². The predicted octanol–water partition coefficient (Wildman–Crippen LogP) is 5.56. The summed E-state index contributed by atoms with van der Waals surface area (Å²) in [5.41, 5.74) is 2.80. The first-order valence-corrected chi connectivity index (χ1v) is 15.8. The summed E-state index contributed by atoms with van der Waals surface area (Å²) in [5, 5.41) is 23.6. The van der Waals surface area contributed by atoms with Crippen LogP contribution in [0.1, 0.15) is 90.6 Å². The third-order valence-corrected chi connectivity index (χ3v) is 9.25. The number of carbonyl (C=O) groups excluding carboxylic acids is 1. The maximum atomic E-state index is 13.8. The fourth-order valence-corrected chi connectivity index (χ4v) is 6.26. The van der Waals surface area contributed by atoms with E-state index in [-0.39, 0.29) is 51.4 Å². The smallest absolute Gasteiger partial charge is 0.321 e. The molecule has 47 heavy (non-hydrogen) atoms. The Hall–Kier alpha value is -4.80. The second-order valence-corrected chi connectivity index (χ2v) is 12.7. The lowest BCUT2D eigenvalue weighted by Gasteiger charge is -2.42. The molecule has 0 bridgehead atoms. The van der Waals surface area contributed by atoms with Crippen molar-refractivity contribution in [3.63, 3.8) is 0 Å². The third-order valence-electron chi connectivity index (χ3n) is 9.25. The van der Waals surface area contributed by atoms with Gasteiger partial charge in [-0.25, -0.2) is 4.98 Å². The zero-order valence-electron chi connectivity index (χ0n) is 25.9. The van der Waals surface area contributed by atoms with Crippen molar-refractivity contribution in [1.82, 2.24) is 29.6 Å². The molecule has 0 unspecified atom stereocenters. The standard InChI is InChI=1S/C34H34F2N8O3/c1-47-18-34(9-2-10-34)38-16-21-12-27(32(46)43(17-21)24-6-7-24)31(45)41-29-14-23(13-28(40-29)22-4-5-22)25-8-3-20(15-37)11-26(25)30-42-39-19-44(30)33(35)36/h3,8,11-14,17,19,22,24,33,38H,2,4-7,9-10,16,18H2,1H3,(H,40,41,45). The minimum absolute atomic E-state index is 0.0230. The molecule has 3 fully saturated rings. The highest BCUT2D eigenvalue weighted by Crippen LogP contribution is 2.42. The summed E-state index contributed by atoms with van der Waals surface area (Å²) < 4.78 is 35.4. The molecular weight excluding hydrogens is 606 g/mol. The summed E-state index contributed by atoms with van der Waals surface area (Å²) in [4.78, 5) is 32.1. The van der Waals surface area contributed by atoms with E-state index < -0.39 is 12.5 Å². The Bertz CT molecular complexity index is 1940. The Morgan fingerprint density at radius 3 is 2.62 bits per heavy atom. The molecule has 0 saturated heterocycles. The predicted molar refractivity (Wildman–Crippen MR) is 169 cm³/mol. The van der Waals surface area contributed by atoms with Gasteiger partial charge in [-0.3, -0.25) is 14.2 Å². The summed E-state index contributed by atoms with van der Waals surface area (Å²) in [6.45, 7) is -1.81. The van der Waals surface area contributed by atoms with Gasteiger partial charge in [0.05, 0.1) is 18.2 Å². The van der Waals surface area contributed by atoms with Gasteiger partial charge in [0.15, 0.2) is 5.82 Å². The highest BCUT2D eigenvalue weighted by atomic mass is 19.3. The van der Waals surface area contributed by atoms with Gasteiger partial charge in [-0.05, 0) is 92.0 Å². The van der Waals surface area contributed by atoms with E-state index >= 15 is 0 Å². The molecule has 3 saturated carbocycles. The van der Waals surface area contributed by atoms with Crippen LogP contribution >= 0.6 is 0 Å². The van der Waals surface area contributed by atoms with Gasteiger partial charge in [-0.2, -0.15) is 14.0 Å². The first-order chi connectivity index (χ1) is 22.8. The zero-order chi connectivity index (χ0) is 32.7. The molecule has 3 aliphatic carbocycles. The quantitative estimate of drug-likeness (QED) is 0.205. The van der Waals surface area contributed by atoms with Crippen LogP contribution in [0.3, 0.4) is 0 Å². The van der Waals surface area contributed by atoms with Gasteiger partial charge in [0.25, 0.3) is 11.5 Å². The van der Waals surface area contributed by atoms with Crippen LogP contribution < -0.4 is 16.2 Å². The number of amides is 1. The highest BCUT2D eigenvalue weighted by molar-refractivity contribution is 6.04. The number of nitriles is 1. The van der Waals surface area contributed by atoms with Crippen LogP contribution in [0, 0.1) is 11.3 Å². The molecule has 3 aromatic heterocycles. The molecule has 3 aliphatic rings. The summed E-state index contributed by atoms with van der Waals surface area (Å²) in [6, 6.07) is 12.0. The number of ether oxygens (including phenoxy) is 1. The van der Waals surface area contributed by atoms with Gasteiger partial charge in [0.2, 0.25) is 0 Å². The monoisotopic (exact) mass is 640 g/mol. The SMILES string of the molecule is COCC1(NCc2cc(C(=O)Nc3cc(-c4ccc(C#N)cc4-c4nncn4C(F)F)cc(C4CC4)n3)c(=O)n(C3CC3)c2)CCC1. The van der Waals surface area contributed by atoms with Gasteiger partial charge < -0.3 is 19.9 Å². The number of hydrogen-bond donors (Lipinski definition) is 2. The Morgan fingerprint density at radius 2 is 1.96 bits per heavy atom. The number of methoxy groups -OCH3 is 1. The van der Waals surface area contributed by atoms with Crippen molar-refractivity contribution in [2.45, 2.75) is 75.5 Å². The fraction of sp³-hybridized carbons (Fsp3) is 0.412. The van der Waals surface area contributed by atoms with Crippen molar-refractivity contribution in [1.29, 1.82) is 5.26 Å². The number of rotatable bonds is 12. The van der Waals surface area contributed by atoms with Crippen LogP contribution in [0.25, 0.3) is 22.5 Å². The topological polar surface area (TPSA) is 140 Å². The van der Waals surface area contributed by atoms with Gasteiger partial charge >= 0.3 is 6.55 Å². The molecule has 1 aromatic carbocycles. The van der Waals surface area contributed by atoms with Crippen LogP contribution in [-0.4, -0.2) is 49.5 Å². The number of alkyl halides is 2. The van der Waals surface area contributed by atoms with Crippen molar-refractivity contribution in [2.75, 3.05) is 19.0 Å². The molecule has 13 heteroatoms. The van der Waals surface area contributed by atoms with E-state index in [9.17, 15) is 23.6 Å². The first-order valence-electron chi connectivity index (χ1n) is 15.8. The molecule has 0 spiro atoms. The number of anilines is 1. The van der Waals surface area contributed by atoms with Crippen molar-refractivity contribution in [2.24, 2.45) is 0 Å². The van der Waals surface area contributed by atoms with E-state index in [2.05, 4.69) is 26.9 Å². The van der Waals surface area contributed by atoms with E-state index in [0.717, 1.165) is 62.5 Å². The number of hydrogen-bond acceptors (Lipinski definition) is 8. The van der Waals surface area contributed by atoms with E-state index in [1.54, 1.807) is 35.9 Å². The maximum absolute atomic E-state index is 13.8. The lowest BCUT2D eigenvalue weighted by Crippen LogP contribution is -2.54. The number of halogens is 2. The third kappa shape index (κ3) is 6.31. The van der Waals surface area contributed by atoms with Crippen molar-refractivity contribution >= 4 is 11.7 Å². The molecule has 0 aliphatic heterocycles. The van der Waals surface area contributed by atoms with Gasteiger partial charge in [0, 0.05) is 48.6 Å². The number of aromatic nitrogens is 5. The van der Waals surface area contributed by atoms with Crippen LogP contribution in [0.2, 0.25) is 0 Å². The number of nitrogens with one attached hydrogen (secondary N) is 2. The molecule has 3 heterocycles.